The Balaban J connectivity index is 2.23. The van der Waals surface area contributed by atoms with E-state index in [9.17, 15) is 0 Å². The third kappa shape index (κ3) is 3.50. The maximum atomic E-state index is 6.14. The minimum Gasteiger partial charge on any atom is -0.439 e. The first-order valence-electron chi connectivity index (χ1n) is 6.26. The molecule has 3 nitrogen and oxygen atoms in total. The molecule has 1 heterocycles. The SMILES string of the molecule is CCCNC(C)c1ncc(-c2cc(Cl)ccc2Cl)o1. The number of aromatic nitrogens is 1. The zero-order valence-electron chi connectivity index (χ0n) is 10.9. The second-order valence-corrected chi connectivity index (χ2v) is 5.21. The van der Waals surface area contributed by atoms with E-state index in [1.807, 2.05) is 6.92 Å². The third-order valence-electron chi connectivity index (χ3n) is 2.79. The molecule has 0 aliphatic carbocycles. The minimum atomic E-state index is 0.0756. The number of hydrogen-bond acceptors (Lipinski definition) is 3. The topological polar surface area (TPSA) is 38.1 Å². The molecule has 0 bridgehead atoms. The van der Waals surface area contributed by atoms with E-state index in [0.717, 1.165) is 18.5 Å². The lowest BCUT2D eigenvalue weighted by Gasteiger charge is -2.08. The van der Waals surface area contributed by atoms with Crippen LogP contribution in [0.4, 0.5) is 0 Å². The minimum absolute atomic E-state index is 0.0756. The van der Waals surface area contributed by atoms with E-state index in [0.29, 0.717) is 21.7 Å². The molecule has 0 radical (unpaired) electrons. The Labute approximate surface area is 122 Å². The van der Waals surface area contributed by atoms with E-state index in [1.54, 1.807) is 24.4 Å². The predicted molar refractivity (Wildman–Crippen MR) is 78.7 cm³/mol. The van der Waals surface area contributed by atoms with Gasteiger partial charge in [0, 0.05) is 10.6 Å². The fraction of sp³-hybridized carbons (Fsp3) is 0.357. The molecule has 1 atom stereocenters. The van der Waals surface area contributed by atoms with Gasteiger partial charge in [0.25, 0.3) is 0 Å². The lowest BCUT2D eigenvalue weighted by molar-refractivity contribution is 0.423. The molecule has 0 spiro atoms. The van der Waals surface area contributed by atoms with Crippen LogP contribution in [0.3, 0.4) is 0 Å². The molecule has 1 aromatic heterocycles. The van der Waals surface area contributed by atoms with E-state index < -0.39 is 0 Å². The van der Waals surface area contributed by atoms with Gasteiger partial charge in [-0.3, -0.25) is 0 Å². The monoisotopic (exact) mass is 298 g/mol. The van der Waals surface area contributed by atoms with Gasteiger partial charge in [-0.05, 0) is 38.1 Å². The zero-order chi connectivity index (χ0) is 13.8. The van der Waals surface area contributed by atoms with E-state index >= 15 is 0 Å². The Morgan fingerprint density at radius 1 is 1.37 bits per heavy atom. The lowest BCUT2D eigenvalue weighted by Crippen LogP contribution is -2.19. The molecule has 0 saturated carbocycles. The van der Waals surface area contributed by atoms with Gasteiger partial charge in [0.1, 0.15) is 0 Å². The molecular weight excluding hydrogens is 283 g/mol. The molecule has 0 saturated heterocycles. The summed E-state index contributed by atoms with van der Waals surface area (Å²) in [7, 11) is 0. The van der Waals surface area contributed by atoms with Crippen molar-refractivity contribution >= 4 is 23.2 Å². The molecule has 0 fully saturated rings. The Bertz CT molecular complexity index is 554. The van der Waals surface area contributed by atoms with Crippen molar-refractivity contribution in [2.45, 2.75) is 26.3 Å². The molecule has 19 heavy (non-hydrogen) atoms. The summed E-state index contributed by atoms with van der Waals surface area (Å²) in [5.74, 6) is 1.28. The van der Waals surface area contributed by atoms with Crippen molar-refractivity contribution in [2.24, 2.45) is 0 Å². The van der Waals surface area contributed by atoms with Gasteiger partial charge in [-0.1, -0.05) is 30.1 Å². The molecule has 0 amide bonds. The highest BCUT2D eigenvalue weighted by Gasteiger charge is 2.14. The van der Waals surface area contributed by atoms with Crippen LogP contribution in [0.2, 0.25) is 10.0 Å². The molecule has 1 aromatic carbocycles. The van der Waals surface area contributed by atoms with Crippen molar-refractivity contribution in [1.82, 2.24) is 10.3 Å². The van der Waals surface area contributed by atoms with Crippen molar-refractivity contribution < 1.29 is 4.42 Å². The first-order chi connectivity index (χ1) is 9.11. The predicted octanol–water partition coefficient (Wildman–Crippen LogP) is 4.71. The summed E-state index contributed by atoms with van der Waals surface area (Å²) in [4.78, 5) is 4.29. The molecule has 2 aromatic rings. The van der Waals surface area contributed by atoms with E-state index in [4.69, 9.17) is 27.6 Å². The quantitative estimate of drug-likeness (QED) is 0.869. The van der Waals surface area contributed by atoms with Gasteiger partial charge < -0.3 is 9.73 Å². The average molecular weight is 299 g/mol. The first-order valence-corrected chi connectivity index (χ1v) is 7.02. The van der Waals surface area contributed by atoms with Crippen LogP contribution in [0.1, 0.15) is 32.2 Å². The largest absolute Gasteiger partial charge is 0.439 e. The maximum Gasteiger partial charge on any atom is 0.211 e. The third-order valence-corrected chi connectivity index (χ3v) is 3.35. The van der Waals surface area contributed by atoms with Crippen LogP contribution in [0, 0.1) is 0 Å². The second kappa shape index (κ2) is 6.42. The molecule has 102 valence electrons. The van der Waals surface area contributed by atoms with Gasteiger partial charge in [-0.15, -0.1) is 0 Å². The standard InChI is InChI=1S/C14H16Cl2N2O/c1-3-6-17-9(2)14-18-8-13(19-14)11-7-10(15)4-5-12(11)16/h4-5,7-9,17H,3,6H2,1-2H3. The molecule has 0 aliphatic rings. The summed E-state index contributed by atoms with van der Waals surface area (Å²) in [5, 5.41) is 4.54. The van der Waals surface area contributed by atoms with Gasteiger partial charge in [-0.25, -0.2) is 4.98 Å². The fourth-order valence-electron chi connectivity index (χ4n) is 1.75. The number of oxazole rings is 1. The van der Waals surface area contributed by atoms with Crippen molar-refractivity contribution in [3.8, 4) is 11.3 Å². The van der Waals surface area contributed by atoms with Crippen LogP contribution < -0.4 is 5.32 Å². The van der Waals surface area contributed by atoms with Crippen LogP contribution in [0.15, 0.2) is 28.8 Å². The fourth-order valence-corrected chi connectivity index (χ4v) is 2.13. The number of nitrogens with one attached hydrogen (secondary N) is 1. The number of benzene rings is 1. The Morgan fingerprint density at radius 2 is 2.16 bits per heavy atom. The smallest absolute Gasteiger partial charge is 0.211 e. The van der Waals surface area contributed by atoms with Crippen LogP contribution >= 0.6 is 23.2 Å². The summed E-state index contributed by atoms with van der Waals surface area (Å²) in [6.45, 7) is 5.06. The van der Waals surface area contributed by atoms with Crippen molar-refractivity contribution in [3.05, 3.63) is 40.3 Å². The highest BCUT2D eigenvalue weighted by molar-refractivity contribution is 6.35. The molecule has 1 unspecified atom stereocenters. The van der Waals surface area contributed by atoms with Gasteiger partial charge >= 0.3 is 0 Å². The average Bonchev–Trinajstić information content (AvgIpc) is 2.88. The number of hydrogen-bond donors (Lipinski definition) is 1. The van der Waals surface area contributed by atoms with Crippen molar-refractivity contribution in [1.29, 1.82) is 0 Å². The van der Waals surface area contributed by atoms with Crippen LogP contribution in [0.25, 0.3) is 11.3 Å². The normalized spacial score (nSPS) is 12.6. The Kier molecular flexibility index (Phi) is 4.86. The zero-order valence-corrected chi connectivity index (χ0v) is 12.4. The van der Waals surface area contributed by atoms with E-state index in [1.165, 1.54) is 0 Å². The summed E-state index contributed by atoms with van der Waals surface area (Å²) in [5.41, 5.74) is 0.760. The first kappa shape index (κ1) is 14.4. The molecule has 1 N–H and O–H groups in total. The summed E-state index contributed by atoms with van der Waals surface area (Å²) < 4.78 is 5.75. The van der Waals surface area contributed by atoms with Gasteiger partial charge in [-0.2, -0.15) is 0 Å². The van der Waals surface area contributed by atoms with E-state index in [-0.39, 0.29) is 6.04 Å². The summed E-state index contributed by atoms with van der Waals surface area (Å²) in [6.07, 6.45) is 2.75. The highest BCUT2D eigenvalue weighted by Crippen LogP contribution is 2.31. The van der Waals surface area contributed by atoms with Crippen molar-refractivity contribution in [3.63, 3.8) is 0 Å². The number of halogens is 2. The second-order valence-electron chi connectivity index (χ2n) is 4.36. The molecule has 0 aliphatic heterocycles. The van der Waals surface area contributed by atoms with Gasteiger partial charge in [0.15, 0.2) is 5.76 Å². The summed E-state index contributed by atoms with van der Waals surface area (Å²) >= 11 is 12.1. The van der Waals surface area contributed by atoms with Gasteiger partial charge in [0.05, 0.1) is 17.3 Å². The van der Waals surface area contributed by atoms with Crippen molar-refractivity contribution in [2.75, 3.05) is 6.54 Å². The van der Waals surface area contributed by atoms with Crippen LogP contribution in [-0.2, 0) is 0 Å². The van der Waals surface area contributed by atoms with Crippen LogP contribution in [-0.4, -0.2) is 11.5 Å². The van der Waals surface area contributed by atoms with E-state index in [2.05, 4.69) is 17.2 Å². The Hall–Kier alpha value is -1.03. The van der Waals surface area contributed by atoms with Crippen LogP contribution in [0.5, 0.6) is 0 Å². The molecular formula is C14H16Cl2N2O. The lowest BCUT2D eigenvalue weighted by atomic mass is 10.2. The maximum absolute atomic E-state index is 6.14. The van der Waals surface area contributed by atoms with Gasteiger partial charge in [0.2, 0.25) is 5.89 Å². The number of rotatable bonds is 5. The highest BCUT2D eigenvalue weighted by atomic mass is 35.5. The number of nitrogens with zero attached hydrogens (tertiary/aromatic N) is 1. The Morgan fingerprint density at radius 3 is 2.89 bits per heavy atom. The molecule has 5 heteroatoms. The summed E-state index contributed by atoms with van der Waals surface area (Å²) in [6, 6.07) is 5.35. The molecule has 2 rings (SSSR count).